The van der Waals surface area contributed by atoms with E-state index in [0.29, 0.717) is 51.4 Å². The maximum Gasteiger partial charge on any atom is 0.248 e. The van der Waals surface area contributed by atoms with E-state index >= 15 is 0 Å². The number of carbonyl (C=O) groups excluding carboxylic acids is 2. The second-order valence-electron chi connectivity index (χ2n) is 7.34. The number of ether oxygens (including phenoxy) is 2. The number of benzene rings is 2. The molecular weight excluding hydrogens is 439 g/mol. The van der Waals surface area contributed by atoms with Gasteiger partial charge in [0.25, 0.3) is 0 Å². The zero-order valence-corrected chi connectivity index (χ0v) is 19.1. The maximum absolute atomic E-state index is 12.5. The predicted octanol–water partition coefficient (Wildman–Crippen LogP) is 5.57. The Kier molecular flexibility index (Phi) is 7.46. The van der Waals surface area contributed by atoms with Gasteiger partial charge in [0.15, 0.2) is 11.5 Å². The van der Waals surface area contributed by atoms with Crippen molar-refractivity contribution in [2.75, 3.05) is 23.9 Å². The number of halogens is 2. The lowest BCUT2D eigenvalue weighted by atomic mass is 10.1. The van der Waals surface area contributed by atoms with Gasteiger partial charge in [-0.1, -0.05) is 23.2 Å². The molecule has 164 valence electrons. The van der Waals surface area contributed by atoms with Gasteiger partial charge in [-0.3, -0.25) is 9.59 Å². The summed E-state index contributed by atoms with van der Waals surface area (Å²) in [6.07, 6.45) is 4.27. The monoisotopic (exact) mass is 462 g/mol. The standard InChI is InChI=1S/C23H24Cl2N2O4/c1-14(2)31-23-18(25)11-15(12-20(23)30-3)6-9-21(28)26-19-13-16(7-8-17(19)24)27-10-4-5-22(27)29/h6-9,11-14H,4-5,10H2,1-3H3,(H,26,28)/b9-6+. The highest BCUT2D eigenvalue weighted by Gasteiger charge is 2.22. The van der Waals surface area contributed by atoms with E-state index in [2.05, 4.69) is 5.32 Å². The van der Waals surface area contributed by atoms with Crippen LogP contribution in [0.25, 0.3) is 6.08 Å². The summed E-state index contributed by atoms with van der Waals surface area (Å²) in [5.41, 5.74) is 1.82. The Morgan fingerprint density at radius 3 is 2.61 bits per heavy atom. The number of hydrogen-bond donors (Lipinski definition) is 1. The van der Waals surface area contributed by atoms with Gasteiger partial charge >= 0.3 is 0 Å². The fourth-order valence-corrected chi connectivity index (χ4v) is 3.66. The van der Waals surface area contributed by atoms with Crippen molar-refractivity contribution in [2.45, 2.75) is 32.8 Å². The Morgan fingerprint density at radius 2 is 1.97 bits per heavy atom. The van der Waals surface area contributed by atoms with Crippen LogP contribution in [-0.4, -0.2) is 31.6 Å². The van der Waals surface area contributed by atoms with Gasteiger partial charge in [-0.25, -0.2) is 0 Å². The first-order valence-electron chi connectivity index (χ1n) is 9.91. The maximum atomic E-state index is 12.5. The number of methoxy groups -OCH3 is 1. The first kappa shape index (κ1) is 23.0. The highest BCUT2D eigenvalue weighted by Crippen LogP contribution is 2.37. The third-order valence-electron chi connectivity index (χ3n) is 4.63. The SMILES string of the molecule is COc1cc(/C=C/C(=O)Nc2cc(N3CCCC3=O)ccc2Cl)cc(Cl)c1OC(C)C. The third-order valence-corrected chi connectivity index (χ3v) is 5.24. The van der Waals surface area contributed by atoms with Gasteiger partial charge in [0.05, 0.1) is 28.9 Å². The van der Waals surface area contributed by atoms with Crippen LogP contribution >= 0.6 is 23.2 Å². The normalized spacial score (nSPS) is 13.9. The van der Waals surface area contributed by atoms with Crippen molar-refractivity contribution in [3.8, 4) is 11.5 Å². The average Bonchev–Trinajstić information content (AvgIpc) is 3.15. The van der Waals surface area contributed by atoms with E-state index in [1.54, 1.807) is 41.3 Å². The molecule has 0 aliphatic carbocycles. The summed E-state index contributed by atoms with van der Waals surface area (Å²) >= 11 is 12.6. The molecule has 2 amide bonds. The number of nitrogens with one attached hydrogen (secondary N) is 1. The molecule has 2 aromatic rings. The quantitative estimate of drug-likeness (QED) is 0.546. The van der Waals surface area contributed by atoms with E-state index in [4.69, 9.17) is 32.7 Å². The minimum absolute atomic E-state index is 0.0602. The van der Waals surface area contributed by atoms with Crippen LogP contribution in [0.1, 0.15) is 32.3 Å². The molecule has 1 saturated heterocycles. The Morgan fingerprint density at radius 1 is 1.19 bits per heavy atom. The molecular formula is C23H24Cl2N2O4. The summed E-state index contributed by atoms with van der Waals surface area (Å²) in [6, 6.07) is 8.57. The molecule has 8 heteroatoms. The molecule has 2 aromatic carbocycles. The number of anilines is 2. The lowest BCUT2D eigenvalue weighted by molar-refractivity contribution is -0.117. The van der Waals surface area contributed by atoms with Crippen molar-refractivity contribution in [2.24, 2.45) is 0 Å². The van der Waals surface area contributed by atoms with Gasteiger partial charge in [0.1, 0.15) is 0 Å². The Labute approximate surface area is 191 Å². The first-order valence-corrected chi connectivity index (χ1v) is 10.7. The van der Waals surface area contributed by atoms with Crippen LogP contribution in [0.15, 0.2) is 36.4 Å². The number of amides is 2. The molecule has 0 radical (unpaired) electrons. The largest absolute Gasteiger partial charge is 0.493 e. The summed E-state index contributed by atoms with van der Waals surface area (Å²) in [6.45, 7) is 4.45. The van der Waals surface area contributed by atoms with Crippen molar-refractivity contribution in [3.63, 3.8) is 0 Å². The van der Waals surface area contributed by atoms with Crippen LogP contribution in [0.2, 0.25) is 10.0 Å². The molecule has 1 fully saturated rings. The fourth-order valence-electron chi connectivity index (χ4n) is 3.23. The zero-order valence-electron chi connectivity index (χ0n) is 17.6. The second-order valence-corrected chi connectivity index (χ2v) is 8.15. The van der Waals surface area contributed by atoms with E-state index in [-0.39, 0.29) is 17.9 Å². The van der Waals surface area contributed by atoms with Crippen LogP contribution < -0.4 is 19.7 Å². The van der Waals surface area contributed by atoms with Crippen molar-refractivity contribution >= 4 is 52.5 Å². The van der Waals surface area contributed by atoms with Crippen LogP contribution in [0.5, 0.6) is 11.5 Å². The molecule has 0 unspecified atom stereocenters. The molecule has 0 saturated carbocycles. The molecule has 0 atom stereocenters. The number of hydrogen-bond acceptors (Lipinski definition) is 4. The molecule has 0 bridgehead atoms. The Hall–Kier alpha value is -2.70. The second kappa shape index (κ2) is 10.1. The molecule has 1 aliphatic rings. The van der Waals surface area contributed by atoms with Crippen molar-refractivity contribution in [1.82, 2.24) is 0 Å². The molecule has 1 aliphatic heterocycles. The van der Waals surface area contributed by atoms with Gasteiger partial charge in [0, 0.05) is 24.7 Å². The van der Waals surface area contributed by atoms with Gasteiger partial charge < -0.3 is 19.7 Å². The smallest absolute Gasteiger partial charge is 0.248 e. The minimum atomic E-state index is -0.371. The highest BCUT2D eigenvalue weighted by atomic mass is 35.5. The molecule has 6 nitrogen and oxygen atoms in total. The lowest BCUT2D eigenvalue weighted by Crippen LogP contribution is -2.23. The molecule has 31 heavy (non-hydrogen) atoms. The fraction of sp³-hybridized carbons (Fsp3) is 0.304. The molecule has 1 heterocycles. The predicted molar refractivity (Wildman–Crippen MR) is 124 cm³/mol. The molecule has 1 N–H and O–H groups in total. The highest BCUT2D eigenvalue weighted by molar-refractivity contribution is 6.34. The van der Waals surface area contributed by atoms with Crippen molar-refractivity contribution in [3.05, 3.63) is 52.0 Å². The number of carbonyl (C=O) groups is 2. The molecule has 0 spiro atoms. The van der Waals surface area contributed by atoms with Crippen LogP contribution in [0.3, 0.4) is 0 Å². The summed E-state index contributed by atoms with van der Waals surface area (Å²) in [5, 5.41) is 3.53. The number of nitrogens with zero attached hydrogens (tertiary/aromatic N) is 1. The minimum Gasteiger partial charge on any atom is -0.493 e. The summed E-state index contributed by atoms with van der Waals surface area (Å²) in [5.74, 6) is 0.632. The van der Waals surface area contributed by atoms with Gasteiger partial charge in [0.2, 0.25) is 11.8 Å². The van der Waals surface area contributed by atoms with E-state index in [1.165, 1.54) is 13.2 Å². The lowest BCUT2D eigenvalue weighted by Gasteiger charge is -2.17. The molecule has 0 aromatic heterocycles. The summed E-state index contributed by atoms with van der Waals surface area (Å²) < 4.78 is 11.1. The Balaban J connectivity index is 1.75. The van der Waals surface area contributed by atoms with E-state index in [9.17, 15) is 9.59 Å². The van der Waals surface area contributed by atoms with Gasteiger partial charge in [-0.2, -0.15) is 0 Å². The topological polar surface area (TPSA) is 67.9 Å². The summed E-state index contributed by atoms with van der Waals surface area (Å²) in [7, 11) is 1.53. The first-order chi connectivity index (χ1) is 14.8. The van der Waals surface area contributed by atoms with E-state index in [1.807, 2.05) is 13.8 Å². The van der Waals surface area contributed by atoms with Crippen LogP contribution in [0.4, 0.5) is 11.4 Å². The van der Waals surface area contributed by atoms with Crippen LogP contribution in [0, 0.1) is 0 Å². The summed E-state index contributed by atoms with van der Waals surface area (Å²) in [4.78, 5) is 26.1. The zero-order chi connectivity index (χ0) is 22.5. The third kappa shape index (κ3) is 5.71. The van der Waals surface area contributed by atoms with Crippen LogP contribution in [-0.2, 0) is 9.59 Å². The molecule has 3 rings (SSSR count). The average molecular weight is 463 g/mol. The van der Waals surface area contributed by atoms with Crippen molar-refractivity contribution < 1.29 is 19.1 Å². The van der Waals surface area contributed by atoms with E-state index < -0.39 is 0 Å². The van der Waals surface area contributed by atoms with Crippen molar-refractivity contribution in [1.29, 1.82) is 0 Å². The van der Waals surface area contributed by atoms with Gasteiger partial charge in [-0.15, -0.1) is 0 Å². The Bertz CT molecular complexity index is 1020. The number of rotatable bonds is 7. The van der Waals surface area contributed by atoms with Gasteiger partial charge in [-0.05, 0) is 62.2 Å². The van der Waals surface area contributed by atoms with E-state index in [0.717, 1.165) is 6.42 Å².